The molecule has 1 unspecified atom stereocenters. The third kappa shape index (κ3) is 4.43. The van der Waals surface area contributed by atoms with Gasteiger partial charge in [-0.05, 0) is 30.7 Å². The zero-order valence-electron chi connectivity index (χ0n) is 15.3. The van der Waals surface area contributed by atoms with Crippen LogP contribution in [0.15, 0.2) is 56.9 Å². The highest BCUT2D eigenvalue weighted by atomic mass is 79.9. The summed E-state index contributed by atoms with van der Waals surface area (Å²) >= 11 is 4.78. The second-order valence-corrected chi connectivity index (χ2v) is 8.34. The molecule has 0 radical (unpaired) electrons. The third-order valence-corrected chi connectivity index (χ3v) is 5.87. The molecule has 28 heavy (non-hydrogen) atoms. The fourth-order valence-electron chi connectivity index (χ4n) is 2.76. The Labute approximate surface area is 174 Å². The van der Waals surface area contributed by atoms with E-state index in [1.165, 1.54) is 17.8 Å². The minimum atomic E-state index is -0.415. The molecule has 1 heterocycles. The highest BCUT2D eigenvalue weighted by Crippen LogP contribution is 2.35. The van der Waals surface area contributed by atoms with Crippen LogP contribution in [0.25, 0.3) is 10.9 Å². The number of nitro groups is 1. The fraction of sp³-hybridized carbons (Fsp3) is 0.263. The van der Waals surface area contributed by atoms with E-state index in [0.29, 0.717) is 29.2 Å². The lowest BCUT2D eigenvalue weighted by Crippen LogP contribution is -2.25. The Kier molecular flexibility index (Phi) is 6.48. The summed E-state index contributed by atoms with van der Waals surface area (Å²) in [5.74, 6) is 0. The molecule has 0 N–H and O–H groups in total. The zero-order chi connectivity index (χ0) is 20.3. The molecule has 0 amide bonds. The normalized spacial score (nSPS) is 12.2. The number of thioether (sulfide) groups is 1. The van der Waals surface area contributed by atoms with E-state index in [1.807, 2.05) is 19.1 Å². The first-order chi connectivity index (χ1) is 13.4. The Morgan fingerprint density at radius 3 is 2.82 bits per heavy atom. The number of methoxy groups -OCH3 is 1. The number of non-ortho nitro benzene ring substituents is 1. The van der Waals surface area contributed by atoms with Gasteiger partial charge in [0.1, 0.15) is 0 Å². The van der Waals surface area contributed by atoms with Crippen molar-refractivity contribution in [3.63, 3.8) is 0 Å². The van der Waals surface area contributed by atoms with Gasteiger partial charge in [-0.3, -0.25) is 19.5 Å². The SMILES string of the molecule is COCCn1c(SC(C)c2cccc([N+](=O)[O-])c2)nc2ccc(Br)cc2c1=O. The van der Waals surface area contributed by atoms with Crippen molar-refractivity contribution in [2.75, 3.05) is 13.7 Å². The summed E-state index contributed by atoms with van der Waals surface area (Å²) in [5.41, 5.74) is 1.30. The van der Waals surface area contributed by atoms with Crippen LogP contribution in [-0.2, 0) is 11.3 Å². The van der Waals surface area contributed by atoms with Crippen LogP contribution in [0.2, 0.25) is 0 Å². The molecule has 0 bridgehead atoms. The van der Waals surface area contributed by atoms with Crippen molar-refractivity contribution in [2.24, 2.45) is 0 Å². The molecule has 146 valence electrons. The molecule has 3 rings (SSSR count). The van der Waals surface area contributed by atoms with Crippen molar-refractivity contribution < 1.29 is 9.66 Å². The molecule has 1 atom stereocenters. The van der Waals surface area contributed by atoms with Gasteiger partial charge in [-0.1, -0.05) is 39.8 Å². The van der Waals surface area contributed by atoms with Gasteiger partial charge in [0.2, 0.25) is 0 Å². The van der Waals surface area contributed by atoms with Crippen LogP contribution in [0.3, 0.4) is 0 Å². The van der Waals surface area contributed by atoms with Crippen LogP contribution >= 0.6 is 27.7 Å². The van der Waals surface area contributed by atoms with Crippen LogP contribution in [-0.4, -0.2) is 28.2 Å². The molecule has 0 fully saturated rings. The number of nitro benzene ring substituents is 1. The summed E-state index contributed by atoms with van der Waals surface area (Å²) in [4.78, 5) is 28.3. The first-order valence-electron chi connectivity index (χ1n) is 8.50. The minimum absolute atomic E-state index is 0.0399. The largest absolute Gasteiger partial charge is 0.383 e. The van der Waals surface area contributed by atoms with Gasteiger partial charge in [-0.2, -0.15) is 0 Å². The number of hydrogen-bond donors (Lipinski definition) is 0. The van der Waals surface area contributed by atoms with E-state index in [1.54, 1.807) is 35.9 Å². The molecule has 0 aliphatic heterocycles. The van der Waals surface area contributed by atoms with Gasteiger partial charge >= 0.3 is 0 Å². The number of halogens is 1. The second kappa shape index (κ2) is 8.85. The van der Waals surface area contributed by atoms with Crippen molar-refractivity contribution in [2.45, 2.75) is 23.9 Å². The maximum Gasteiger partial charge on any atom is 0.269 e. The minimum Gasteiger partial charge on any atom is -0.383 e. The number of rotatable bonds is 7. The summed E-state index contributed by atoms with van der Waals surface area (Å²) < 4.78 is 7.54. The predicted octanol–water partition coefficient (Wildman–Crippen LogP) is 4.57. The molecule has 0 saturated carbocycles. The van der Waals surface area contributed by atoms with Gasteiger partial charge in [0, 0.05) is 29.0 Å². The Bertz CT molecular complexity index is 1090. The maximum atomic E-state index is 13.0. The zero-order valence-corrected chi connectivity index (χ0v) is 17.7. The second-order valence-electron chi connectivity index (χ2n) is 6.12. The first-order valence-corrected chi connectivity index (χ1v) is 10.2. The first kappa shape index (κ1) is 20.5. The van der Waals surface area contributed by atoms with E-state index < -0.39 is 4.92 Å². The van der Waals surface area contributed by atoms with E-state index in [4.69, 9.17) is 4.74 Å². The number of ether oxygens (including phenoxy) is 1. The van der Waals surface area contributed by atoms with Gasteiger partial charge in [-0.25, -0.2) is 4.98 Å². The number of benzene rings is 2. The van der Waals surface area contributed by atoms with Crippen LogP contribution < -0.4 is 5.56 Å². The quantitative estimate of drug-likeness (QED) is 0.220. The van der Waals surface area contributed by atoms with Crippen LogP contribution in [0.1, 0.15) is 17.7 Å². The number of nitrogens with zero attached hydrogens (tertiary/aromatic N) is 3. The smallest absolute Gasteiger partial charge is 0.269 e. The molecule has 0 aliphatic rings. The van der Waals surface area contributed by atoms with Crippen molar-refractivity contribution in [3.05, 3.63) is 73.0 Å². The molecular formula is C19H18BrN3O4S. The molecule has 9 heteroatoms. The molecule has 0 aliphatic carbocycles. The molecule has 1 aromatic heterocycles. The molecular weight excluding hydrogens is 446 g/mol. The molecule has 0 saturated heterocycles. The Balaban J connectivity index is 2.03. The lowest BCUT2D eigenvalue weighted by molar-refractivity contribution is -0.384. The van der Waals surface area contributed by atoms with Gasteiger partial charge in [0.15, 0.2) is 5.16 Å². The fourth-order valence-corrected chi connectivity index (χ4v) is 4.17. The topological polar surface area (TPSA) is 87.3 Å². The monoisotopic (exact) mass is 463 g/mol. The highest BCUT2D eigenvalue weighted by Gasteiger charge is 2.17. The Hall–Kier alpha value is -2.23. The van der Waals surface area contributed by atoms with Gasteiger partial charge < -0.3 is 4.74 Å². The van der Waals surface area contributed by atoms with Gasteiger partial charge in [0.05, 0.1) is 29.0 Å². The lowest BCUT2D eigenvalue weighted by Gasteiger charge is -2.16. The summed E-state index contributed by atoms with van der Waals surface area (Å²) in [6.07, 6.45) is 0. The van der Waals surface area contributed by atoms with Crippen LogP contribution in [0, 0.1) is 10.1 Å². The van der Waals surface area contributed by atoms with E-state index in [0.717, 1.165) is 10.0 Å². The van der Waals surface area contributed by atoms with Crippen molar-refractivity contribution >= 4 is 44.3 Å². The van der Waals surface area contributed by atoms with Crippen LogP contribution in [0.4, 0.5) is 5.69 Å². The Morgan fingerprint density at radius 2 is 2.11 bits per heavy atom. The van der Waals surface area contributed by atoms with Crippen molar-refractivity contribution in [1.82, 2.24) is 9.55 Å². The average Bonchev–Trinajstić information content (AvgIpc) is 2.68. The molecule has 0 spiro atoms. The molecule has 7 nitrogen and oxygen atoms in total. The highest BCUT2D eigenvalue weighted by molar-refractivity contribution is 9.10. The molecule has 2 aromatic carbocycles. The average molecular weight is 464 g/mol. The van der Waals surface area contributed by atoms with E-state index in [9.17, 15) is 14.9 Å². The van der Waals surface area contributed by atoms with Crippen molar-refractivity contribution in [1.29, 1.82) is 0 Å². The molecule has 3 aromatic rings. The van der Waals surface area contributed by atoms with E-state index in [-0.39, 0.29) is 16.5 Å². The summed E-state index contributed by atoms with van der Waals surface area (Å²) in [6, 6.07) is 11.9. The number of hydrogen-bond acceptors (Lipinski definition) is 6. The summed E-state index contributed by atoms with van der Waals surface area (Å²) in [6.45, 7) is 2.68. The van der Waals surface area contributed by atoms with Crippen LogP contribution in [0.5, 0.6) is 0 Å². The summed E-state index contributed by atoms with van der Waals surface area (Å²) in [7, 11) is 1.58. The van der Waals surface area contributed by atoms with Crippen molar-refractivity contribution in [3.8, 4) is 0 Å². The maximum absolute atomic E-state index is 13.0. The Morgan fingerprint density at radius 1 is 1.32 bits per heavy atom. The number of fused-ring (bicyclic) bond motifs is 1. The third-order valence-electron chi connectivity index (χ3n) is 4.23. The van der Waals surface area contributed by atoms with E-state index in [2.05, 4.69) is 20.9 Å². The number of aromatic nitrogens is 2. The van der Waals surface area contributed by atoms with Gasteiger partial charge in [0.25, 0.3) is 11.2 Å². The van der Waals surface area contributed by atoms with E-state index >= 15 is 0 Å². The summed E-state index contributed by atoms with van der Waals surface area (Å²) in [5, 5.41) is 12.0. The predicted molar refractivity (Wildman–Crippen MR) is 113 cm³/mol. The standard InChI is InChI=1S/C19H18BrN3O4S/c1-12(13-4-3-5-15(10-13)23(25)26)28-19-21-17-7-6-14(20)11-16(17)18(24)22(19)8-9-27-2/h3-7,10-12H,8-9H2,1-2H3. The van der Waals surface area contributed by atoms with Gasteiger partial charge in [-0.15, -0.1) is 0 Å². The lowest BCUT2D eigenvalue weighted by atomic mass is 10.1.